The van der Waals surface area contributed by atoms with E-state index in [1.54, 1.807) is 16.2 Å². The third-order valence-corrected chi connectivity index (χ3v) is 6.45. The SMILES string of the molecule is CCC(CC)C(=O)N1CCO[C@](Cc2ccc(-c3cccs3)cc2)(C(N)=O)C1. The summed E-state index contributed by atoms with van der Waals surface area (Å²) in [5.41, 5.74) is 6.69. The molecule has 2 aromatic rings. The van der Waals surface area contributed by atoms with Crippen molar-refractivity contribution < 1.29 is 14.3 Å². The molecule has 0 aliphatic carbocycles. The molecule has 2 heterocycles. The van der Waals surface area contributed by atoms with E-state index in [0.29, 0.717) is 19.6 Å². The average Bonchev–Trinajstić information content (AvgIpc) is 3.24. The van der Waals surface area contributed by atoms with Crippen molar-refractivity contribution in [2.45, 2.75) is 38.7 Å². The fourth-order valence-electron chi connectivity index (χ4n) is 3.77. The third kappa shape index (κ3) is 4.28. The molecule has 0 radical (unpaired) electrons. The summed E-state index contributed by atoms with van der Waals surface area (Å²) in [5, 5.41) is 2.05. The zero-order valence-electron chi connectivity index (χ0n) is 16.5. The highest BCUT2D eigenvalue weighted by Crippen LogP contribution is 2.28. The highest BCUT2D eigenvalue weighted by atomic mass is 32.1. The summed E-state index contributed by atoms with van der Waals surface area (Å²) in [6, 6.07) is 12.2. The lowest BCUT2D eigenvalue weighted by Gasteiger charge is -2.41. The maximum atomic E-state index is 12.8. The van der Waals surface area contributed by atoms with Crippen LogP contribution in [0.1, 0.15) is 32.3 Å². The molecule has 1 atom stereocenters. The molecule has 1 aliphatic rings. The Morgan fingerprint density at radius 3 is 2.50 bits per heavy atom. The number of primary amides is 1. The minimum atomic E-state index is -1.18. The van der Waals surface area contributed by atoms with Crippen molar-refractivity contribution >= 4 is 23.2 Å². The van der Waals surface area contributed by atoms with Gasteiger partial charge in [-0.1, -0.05) is 44.2 Å². The van der Waals surface area contributed by atoms with Crippen molar-refractivity contribution in [1.29, 1.82) is 0 Å². The molecule has 1 aromatic heterocycles. The Hall–Kier alpha value is -2.18. The van der Waals surface area contributed by atoms with Gasteiger partial charge in [0.2, 0.25) is 5.91 Å². The number of rotatable bonds is 7. The molecule has 1 aliphatic heterocycles. The molecule has 1 fully saturated rings. The first-order valence-corrected chi connectivity index (χ1v) is 10.7. The molecule has 2 N–H and O–H groups in total. The summed E-state index contributed by atoms with van der Waals surface area (Å²) in [6.07, 6.45) is 1.95. The Bertz CT molecular complexity index is 800. The van der Waals surface area contributed by atoms with Gasteiger partial charge in [-0.25, -0.2) is 0 Å². The van der Waals surface area contributed by atoms with E-state index in [4.69, 9.17) is 10.5 Å². The lowest BCUT2D eigenvalue weighted by atomic mass is 9.90. The smallest absolute Gasteiger partial charge is 0.251 e. The first-order valence-electron chi connectivity index (χ1n) is 9.84. The van der Waals surface area contributed by atoms with Gasteiger partial charge in [-0.15, -0.1) is 11.3 Å². The lowest BCUT2D eigenvalue weighted by molar-refractivity contribution is -0.165. The maximum Gasteiger partial charge on any atom is 0.251 e. The Morgan fingerprint density at radius 1 is 1.21 bits per heavy atom. The first-order chi connectivity index (χ1) is 13.5. The molecule has 28 heavy (non-hydrogen) atoms. The van der Waals surface area contributed by atoms with Crippen LogP contribution in [0, 0.1) is 5.92 Å². The number of nitrogens with zero attached hydrogens (tertiary/aromatic N) is 1. The topological polar surface area (TPSA) is 72.6 Å². The van der Waals surface area contributed by atoms with Crippen LogP contribution in [0.4, 0.5) is 0 Å². The van der Waals surface area contributed by atoms with Gasteiger partial charge in [-0.3, -0.25) is 9.59 Å². The second kappa shape index (κ2) is 8.88. The van der Waals surface area contributed by atoms with Crippen molar-refractivity contribution in [3.05, 3.63) is 47.3 Å². The number of hydrogen-bond acceptors (Lipinski definition) is 4. The quantitative estimate of drug-likeness (QED) is 0.773. The van der Waals surface area contributed by atoms with Gasteiger partial charge >= 0.3 is 0 Å². The van der Waals surface area contributed by atoms with Crippen LogP contribution in [0.15, 0.2) is 41.8 Å². The standard InChI is InChI=1S/C22H28N2O3S/c1-3-17(4-2)20(25)24-11-12-27-22(15-24,21(23)26)14-16-7-9-18(10-8-16)19-6-5-13-28-19/h5-10,13,17H,3-4,11-12,14-15H2,1-2H3,(H2,23,26)/t22-/m0/s1. The second-order valence-corrected chi connectivity index (χ2v) is 8.28. The van der Waals surface area contributed by atoms with Crippen molar-refractivity contribution in [1.82, 2.24) is 4.90 Å². The molecule has 3 rings (SSSR count). The minimum Gasteiger partial charge on any atom is -0.367 e. The summed E-state index contributed by atoms with van der Waals surface area (Å²) in [6.45, 7) is 5.07. The normalized spacial score (nSPS) is 19.8. The van der Waals surface area contributed by atoms with E-state index in [1.165, 1.54) is 4.88 Å². The van der Waals surface area contributed by atoms with Crippen molar-refractivity contribution in [2.24, 2.45) is 11.7 Å². The number of carbonyl (C=O) groups is 2. The van der Waals surface area contributed by atoms with Gasteiger partial charge in [0, 0.05) is 23.8 Å². The zero-order valence-corrected chi connectivity index (χ0v) is 17.3. The number of thiophene rings is 1. The Kier molecular flexibility index (Phi) is 6.52. The van der Waals surface area contributed by atoms with Crippen LogP contribution < -0.4 is 5.73 Å². The largest absolute Gasteiger partial charge is 0.367 e. The Morgan fingerprint density at radius 2 is 1.93 bits per heavy atom. The van der Waals surface area contributed by atoms with E-state index in [9.17, 15) is 9.59 Å². The predicted molar refractivity (Wildman–Crippen MR) is 112 cm³/mol. The van der Waals surface area contributed by atoms with Gasteiger partial charge in [-0.2, -0.15) is 0 Å². The van der Waals surface area contributed by atoms with Gasteiger partial charge in [0.1, 0.15) is 0 Å². The number of morpholine rings is 1. The van der Waals surface area contributed by atoms with Crippen LogP contribution in [0.3, 0.4) is 0 Å². The summed E-state index contributed by atoms with van der Waals surface area (Å²) in [4.78, 5) is 28.1. The molecule has 1 saturated heterocycles. The molecule has 2 amide bonds. The number of benzene rings is 1. The van der Waals surface area contributed by atoms with Crippen LogP contribution in [0.2, 0.25) is 0 Å². The van der Waals surface area contributed by atoms with Crippen LogP contribution in [-0.2, 0) is 20.7 Å². The fraction of sp³-hybridized carbons (Fsp3) is 0.455. The van der Waals surface area contributed by atoms with E-state index in [1.807, 2.05) is 49.6 Å². The second-order valence-electron chi connectivity index (χ2n) is 7.33. The van der Waals surface area contributed by atoms with E-state index in [2.05, 4.69) is 6.07 Å². The van der Waals surface area contributed by atoms with Crippen molar-refractivity contribution in [3.63, 3.8) is 0 Å². The van der Waals surface area contributed by atoms with Crippen molar-refractivity contribution in [2.75, 3.05) is 19.7 Å². The molecule has 0 bridgehead atoms. The molecular weight excluding hydrogens is 372 g/mol. The highest BCUT2D eigenvalue weighted by molar-refractivity contribution is 7.13. The number of amides is 2. The van der Waals surface area contributed by atoms with Crippen molar-refractivity contribution in [3.8, 4) is 10.4 Å². The number of ether oxygens (including phenoxy) is 1. The number of nitrogens with two attached hydrogens (primary N) is 1. The average molecular weight is 401 g/mol. The summed E-state index contributed by atoms with van der Waals surface area (Å²) >= 11 is 1.69. The molecular formula is C22H28N2O3S. The van der Waals surface area contributed by atoms with Gasteiger partial charge in [-0.05, 0) is 35.4 Å². The Balaban J connectivity index is 1.78. The van der Waals surface area contributed by atoms with E-state index < -0.39 is 11.5 Å². The Labute approximate surface area is 170 Å². The van der Waals surface area contributed by atoms with Crippen LogP contribution in [0.25, 0.3) is 10.4 Å². The monoisotopic (exact) mass is 400 g/mol. The molecule has 5 nitrogen and oxygen atoms in total. The van der Waals surface area contributed by atoms with Crippen LogP contribution >= 0.6 is 11.3 Å². The molecule has 1 aromatic carbocycles. The summed E-state index contributed by atoms with van der Waals surface area (Å²) < 4.78 is 5.89. The number of carbonyl (C=O) groups excluding carboxylic acids is 2. The molecule has 0 unspecified atom stereocenters. The van der Waals surface area contributed by atoms with E-state index in [0.717, 1.165) is 24.0 Å². The lowest BCUT2D eigenvalue weighted by Crippen LogP contribution is -2.61. The molecule has 6 heteroatoms. The number of hydrogen-bond donors (Lipinski definition) is 1. The van der Waals surface area contributed by atoms with E-state index in [-0.39, 0.29) is 18.4 Å². The van der Waals surface area contributed by atoms with Gasteiger partial charge < -0.3 is 15.4 Å². The van der Waals surface area contributed by atoms with Gasteiger partial charge in [0.25, 0.3) is 5.91 Å². The predicted octanol–water partition coefficient (Wildman–Crippen LogP) is 3.48. The molecule has 150 valence electrons. The summed E-state index contributed by atoms with van der Waals surface area (Å²) in [5.74, 6) is -0.447. The van der Waals surface area contributed by atoms with Gasteiger partial charge in [0.15, 0.2) is 5.60 Å². The fourth-order valence-corrected chi connectivity index (χ4v) is 4.50. The highest BCUT2D eigenvalue weighted by Gasteiger charge is 2.44. The third-order valence-electron chi connectivity index (χ3n) is 5.53. The van der Waals surface area contributed by atoms with E-state index >= 15 is 0 Å². The van der Waals surface area contributed by atoms with Crippen LogP contribution in [-0.4, -0.2) is 42.0 Å². The zero-order chi connectivity index (χ0) is 20.1. The molecule has 0 spiro atoms. The van der Waals surface area contributed by atoms with Gasteiger partial charge in [0.05, 0.1) is 13.2 Å². The first kappa shape index (κ1) is 20.6. The maximum absolute atomic E-state index is 12.8. The molecule has 0 saturated carbocycles. The van der Waals surface area contributed by atoms with Crippen LogP contribution in [0.5, 0.6) is 0 Å². The summed E-state index contributed by atoms with van der Waals surface area (Å²) in [7, 11) is 0. The minimum absolute atomic E-state index is 0.0197.